The molecule has 0 aliphatic heterocycles. The van der Waals surface area contributed by atoms with Crippen LogP contribution >= 0.6 is 11.6 Å². The number of halogens is 2. The summed E-state index contributed by atoms with van der Waals surface area (Å²) in [6.07, 6.45) is 0. The van der Waals surface area contributed by atoms with Gasteiger partial charge in [0.25, 0.3) is 5.56 Å². The number of rotatable bonds is 4. The van der Waals surface area contributed by atoms with Crippen LogP contribution in [0.4, 0.5) is 4.39 Å². The predicted octanol–water partition coefficient (Wildman–Crippen LogP) is 2.56. The number of nitrogens with zero attached hydrogens (tertiary/aromatic N) is 6. The minimum Gasteiger partial charge on any atom is -0.303 e. The molecule has 3 heterocycles. The number of hydrogen-bond acceptors (Lipinski definition) is 4. The maximum absolute atomic E-state index is 14.3. The van der Waals surface area contributed by atoms with Gasteiger partial charge in [-0.15, -0.1) is 0 Å². The van der Waals surface area contributed by atoms with Crippen LogP contribution < -0.4 is 11.2 Å². The molecule has 3 aromatic heterocycles. The van der Waals surface area contributed by atoms with Gasteiger partial charge in [0.2, 0.25) is 5.95 Å². The zero-order valence-corrected chi connectivity index (χ0v) is 17.7. The second-order valence-electron chi connectivity index (χ2n) is 7.10. The van der Waals surface area contributed by atoms with Crippen molar-refractivity contribution in [2.45, 2.75) is 33.9 Å². The van der Waals surface area contributed by atoms with Crippen LogP contribution in [-0.4, -0.2) is 28.5 Å². The van der Waals surface area contributed by atoms with Crippen LogP contribution in [0.2, 0.25) is 5.02 Å². The number of hydrogen-bond donors (Lipinski definition) is 0. The van der Waals surface area contributed by atoms with E-state index in [9.17, 15) is 14.0 Å². The van der Waals surface area contributed by atoms with E-state index in [0.29, 0.717) is 12.5 Å². The molecule has 4 rings (SSSR count). The molecule has 0 atom stereocenters. The smallest absolute Gasteiger partial charge is 0.303 e. The molecule has 0 unspecified atom stereocenters. The van der Waals surface area contributed by atoms with Gasteiger partial charge in [-0.2, -0.15) is 10.1 Å². The summed E-state index contributed by atoms with van der Waals surface area (Å²) in [4.78, 5) is 30.8. The standard InChI is InChI=1S/C20H20ClFN6O2/c1-5-26-16-17(23-19(26)28-12(3)9-11(2)24-28)25(4)20(30)27(18(16)29)10-13-14(21)7-6-8-15(13)22/h6-9H,5,10H2,1-4H3. The third-order valence-corrected chi connectivity index (χ3v) is 5.46. The molecule has 0 N–H and O–H groups in total. The second kappa shape index (κ2) is 7.24. The van der Waals surface area contributed by atoms with E-state index in [1.54, 1.807) is 9.25 Å². The Balaban J connectivity index is 2.03. The Kier molecular flexibility index (Phi) is 4.85. The van der Waals surface area contributed by atoms with E-state index in [1.165, 1.54) is 29.8 Å². The van der Waals surface area contributed by atoms with Gasteiger partial charge in [-0.05, 0) is 39.0 Å². The highest BCUT2D eigenvalue weighted by molar-refractivity contribution is 6.31. The number of aromatic nitrogens is 6. The van der Waals surface area contributed by atoms with Crippen molar-refractivity contribution in [3.8, 4) is 5.95 Å². The van der Waals surface area contributed by atoms with Gasteiger partial charge in [-0.3, -0.25) is 13.9 Å². The molecule has 1 aromatic carbocycles. The van der Waals surface area contributed by atoms with Crippen molar-refractivity contribution in [1.82, 2.24) is 28.5 Å². The first-order valence-electron chi connectivity index (χ1n) is 9.41. The first kappa shape index (κ1) is 20.1. The van der Waals surface area contributed by atoms with Gasteiger partial charge in [0.05, 0.1) is 12.2 Å². The number of benzene rings is 1. The van der Waals surface area contributed by atoms with Gasteiger partial charge in [0.15, 0.2) is 11.2 Å². The molecule has 0 spiro atoms. The molecule has 0 bridgehead atoms. The average molecular weight is 431 g/mol. The van der Waals surface area contributed by atoms with Gasteiger partial charge in [0, 0.05) is 29.9 Å². The summed E-state index contributed by atoms with van der Waals surface area (Å²) in [7, 11) is 1.53. The summed E-state index contributed by atoms with van der Waals surface area (Å²) in [5.74, 6) is -0.143. The van der Waals surface area contributed by atoms with E-state index in [-0.39, 0.29) is 28.3 Å². The van der Waals surface area contributed by atoms with E-state index in [0.717, 1.165) is 16.0 Å². The quantitative estimate of drug-likeness (QED) is 0.498. The van der Waals surface area contributed by atoms with E-state index in [2.05, 4.69) is 10.1 Å². The Morgan fingerprint density at radius 3 is 2.50 bits per heavy atom. The normalized spacial score (nSPS) is 11.5. The lowest BCUT2D eigenvalue weighted by Gasteiger charge is -2.11. The van der Waals surface area contributed by atoms with Crippen molar-refractivity contribution in [3.63, 3.8) is 0 Å². The lowest BCUT2D eigenvalue weighted by molar-refractivity contribution is 0.582. The average Bonchev–Trinajstić information content (AvgIpc) is 3.24. The minimum absolute atomic E-state index is 0.0825. The molecular formula is C20H20ClFN6O2. The largest absolute Gasteiger partial charge is 0.332 e. The van der Waals surface area contributed by atoms with Crippen molar-refractivity contribution >= 4 is 22.8 Å². The zero-order chi connectivity index (χ0) is 21.7. The van der Waals surface area contributed by atoms with Crippen molar-refractivity contribution in [2.24, 2.45) is 7.05 Å². The molecule has 0 radical (unpaired) electrons. The highest BCUT2D eigenvalue weighted by Crippen LogP contribution is 2.20. The van der Waals surface area contributed by atoms with E-state index in [4.69, 9.17) is 11.6 Å². The van der Waals surface area contributed by atoms with Crippen LogP contribution in [-0.2, 0) is 20.1 Å². The molecule has 0 fully saturated rings. The lowest BCUT2D eigenvalue weighted by atomic mass is 10.2. The van der Waals surface area contributed by atoms with E-state index in [1.807, 2.05) is 26.8 Å². The predicted molar refractivity (Wildman–Crippen MR) is 112 cm³/mol. The van der Waals surface area contributed by atoms with Crippen molar-refractivity contribution in [1.29, 1.82) is 0 Å². The Morgan fingerprint density at radius 2 is 1.90 bits per heavy atom. The third-order valence-electron chi connectivity index (χ3n) is 5.11. The highest BCUT2D eigenvalue weighted by Gasteiger charge is 2.22. The van der Waals surface area contributed by atoms with Crippen molar-refractivity contribution < 1.29 is 4.39 Å². The Hall–Kier alpha value is -3.20. The van der Waals surface area contributed by atoms with E-state index >= 15 is 0 Å². The molecule has 156 valence electrons. The first-order valence-corrected chi connectivity index (χ1v) is 9.79. The van der Waals surface area contributed by atoms with Crippen LogP contribution in [0, 0.1) is 19.7 Å². The summed E-state index contributed by atoms with van der Waals surface area (Å²) in [6, 6.07) is 6.13. The number of fused-ring (bicyclic) bond motifs is 1. The Morgan fingerprint density at radius 1 is 1.17 bits per heavy atom. The minimum atomic E-state index is -0.604. The molecule has 0 aliphatic carbocycles. The molecule has 10 heteroatoms. The fraction of sp³-hybridized carbons (Fsp3) is 0.300. The maximum Gasteiger partial charge on any atom is 0.332 e. The van der Waals surface area contributed by atoms with Gasteiger partial charge in [0.1, 0.15) is 5.82 Å². The summed E-state index contributed by atoms with van der Waals surface area (Å²) in [5, 5.41) is 4.60. The van der Waals surface area contributed by atoms with Gasteiger partial charge in [-0.25, -0.2) is 13.9 Å². The molecule has 0 amide bonds. The highest BCUT2D eigenvalue weighted by atomic mass is 35.5. The van der Waals surface area contributed by atoms with Gasteiger partial charge >= 0.3 is 5.69 Å². The zero-order valence-electron chi connectivity index (χ0n) is 17.0. The molecule has 30 heavy (non-hydrogen) atoms. The van der Waals surface area contributed by atoms with Gasteiger partial charge < -0.3 is 4.57 Å². The summed E-state index contributed by atoms with van der Waals surface area (Å²) < 4.78 is 19.9. The topological polar surface area (TPSA) is 79.6 Å². The van der Waals surface area contributed by atoms with Crippen LogP contribution in [0.3, 0.4) is 0 Å². The molecule has 0 aliphatic rings. The van der Waals surface area contributed by atoms with Crippen molar-refractivity contribution in [3.05, 3.63) is 72.9 Å². The van der Waals surface area contributed by atoms with Crippen LogP contribution in [0.25, 0.3) is 17.1 Å². The van der Waals surface area contributed by atoms with Crippen molar-refractivity contribution in [2.75, 3.05) is 0 Å². The molecule has 4 aromatic rings. The fourth-order valence-electron chi connectivity index (χ4n) is 3.63. The fourth-order valence-corrected chi connectivity index (χ4v) is 3.86. The number of aryl methyl sites for hydroxylation is 4. The maximum atomic E-state index is 14.3. The third kappa shape index (κ3) is 2.97. The van der Waals surface area contributed by atoms with Crippen LogP contribution in [0.5, 0.6) is 0 Å². The Labute approximate surface area is 175 Å². The van der Waals surface area contributed by atoms with Crippen LogP contribution in [0.1, 0.15) is 23.9 Å². The first-order chi connectivity index (χ1) is 14.2. The molecular weight excluding hydrogens is 411 g/mol. The lowest BCUT2D eigenvalue weighted by Crippen LogP contribution is -2.40. The second-order valence-corrected chi connectivity index (χ2v) is 7.51. The molecule has 0 saturated heterocycles. The van der Waals surface area contributed by atoms with Gasteiger partial charge in [-0.1, -0.05) is 17.7 Å². The molecule has 8 nitrogen and oxygen atoms in total. The summed E-state index contributed by atoms with van der Waals surface area (Å²) >= 11 is 6.11. The number of imidazole rings is 1. The SMILES string of the molecule is CCn1c(-n2nc(C)cc2C)nc2c1c(=O)n(Cc1c(F)cccc1Cl)c(=O)n2C. The monoisotopic (exact) mass is 430 g/mol. The Bertz CT molecular complexity index is 1390. The van der Waals surface area contributed by atoms with E-state index < -0.39 is 17.1 Å². The summed E-state index contributed by atoms with van der Waals surface area (Å²) in [5.41, 5.74) is 1.06. The van der Waals surface area contributed by atoms with Crippen LogP contribution in [0.15, 0.2) is 33.9 Å². The molecule has 0 saturated carbocycles. The summed E-state index contributed by atoms with van der Waals surface area (Å²) in [6.45, 7) is 5.77.